The molecule has 0 unspecified atom stereocenters. The summed E-state index contributed by atoms with van der Waals surface area (Å²) in [6.45, 7) is 0. The Hall–Kier alpha value is -1.26. The zero-order valence-corrected chi connectivity index (χ0v) is 13.0. The first-order chi connectivity index (χ1) is 9.93. The molecule has 1 amide bonds. The molecule has 0 aromatic heterocycles. The molecule has 6 heteroatoms. The van der Waals surface area contributed by atoms with Crippen molar-refractivity contribution in [2.45, 2.75) is 44.1 Å². The van der Waals surface area contributed by atoms with Crippen LogP contribution in [0.25, 0.3) is 0 Å². The van der Waals surface area contributed by atoms with Gasteiger partial charge in [0, 0.05) is 10.0 Å². The van der Waals surface area contributed by atoms with E-state index in [0.717, 1.165) is 19.3 Å². The van der Waals surface area contributed by atoms with E-state index >= 15 is 0 Å². The zero-order valence-electron chi connectivity index (χ0n) is 11.5. The van der Waals surface area contributed by atoms with E-state index in [9.17, 15) is 14.7 Å². The molecule has 0 saturated heterocycles. The van der Waals surface area contributed by atoms with Crippen LogP contribution in [0, 0.1) is 0 Å². The van der Waals surface area contributed by atoms with Crippen LogP contribution in [0.5, 0.6) is 0 Å². The molecule has 0 bridgehead atoms. The Kier molecular flexibility index (Phi) is 5.12. The Morgan fingerprint density at radius 2 is 1.86 bits per heavy atom. The van der Waals surface area contributed by atoms with Crippen molar-refractivity contribution in [2.75, 3.05) is 0 Å². The van der Waals surface area contributed by atoms with Gasteiger partial charge in [0.25, 0.3) is 0 Å². The van der Waals surface area contributed by atoms with E-state index in [1.165, 1.54) is 0 Å². The molecule has 0 atom stereocenters. The monoisotopic (exact) mass is 329 g/mol. The first-order valence-electron chi connectivity index (χ1n) is 6.91. The van der Waals surface area contributed by atoms with Crippen molar-refractivity contribution in [3.8, 4) is 0 Å². The second-order valence-corrected chi connectivity index (χ2v) is 6.25. The molecule has 114 valence electrons. The molecule has 2 N–H and O–H groups in total. The summed E-state index contributed by atoms with van der Waals surface area (Å²) in [5, 5.41) is 13.0. The lowest BCUT2D eigenvalue weighted by molar-refractivity contribution is -0.149. The Bertz CT molecular complexity index is 554. The fraction of sp³-hybridized carbons (Fsp3) is 0.467. The number of carbonyl (C=O) groups is 2. The summed E-state index contributed by atoms with van der Waals surface area (Å²) in [4.78, 5) is 23.7. The lowest BCUT2D eigenvalue weighted by atomic mass is 9.81. The Labute approximate surface area is 133 Å². The molecule has 4 nitrogen and oxygen atoms in total. The third kappa shape index (κ3) is 3.89. The Balaban J connectivity index is 2.07. The second-order valence-electron chi connectivity index (χ2n) is 5.41. The third-order valence-electron chi connectivity index (χ3n) is 3.86. The average molecular weight is 330 g/mol. The van der Waals surface area contributed by atoms with Crippen LogP contribution < -0.4 is 5.32 Å². The standard InChI is InChI=1S/C15H17Cl2NO3/c16-11-5-4-10(12(17)9-11)8-13(19)18-15(14(20)21)6-2-1-3-7-15/h4-5,9H,1-3,6-8H2,(H,18,19)(H,20,21). The number of nitrogens with one attached hydrogen (secondary N) is 1. The third-order valence-corrected chi connectivity index (χ3v) is 4.45. The molecular formula is C15H17Cl2NO3. The van der Waals surface area contributed by atoms with Crippen LogP contribution in [0.1, 0.15) is 37.7 Å². The van der Waals surface area contributed by atoms with E-state index in [1.807, 2.05) is 0 Å². The molecule has 1 aromatic rings. The number of rotatable bonds is 4. The predicted octanol–water partition coefficient (Wildman–Crippen LogP) is 3.44. The maximum Gasteiger partial charge on any atom is 0.329 e. The van der Waals surface area contributed by atoms with Gasteiger partial charge in [0.1, 0.15) is 5.54 Å². The average Bonchev–Trinajstić information content (AvgIpc) is 2.43. The molecule has 1 fully saturated rings. The number of halogens is 2. The van der Waals surface area contributed by atoms with Crippen LogP contribution >= 0.6 is 23.2 Å². The summed E-state index contributed by atoms with van der Waals surface area (Å²) < 4.78 is 0. The number of benzene rings is 1. The van der Waals surface area contributed by atoms with Crippen LogP contribution in [0.15, 0.2) is 18.2 Å². The van der Waals surface area contributed by atoms with E-state index in [2.05, 4.69) is 5.32 Å². The van der Waals surface area contributed by atoms with Crippen molar-refractivity contribution >= 4 is 35.1 Å². The predicted molar refractivity (Wildman–Crippen MR) is 81.8 cm³/mol. The van der Waals surface area contributed by atoms with Gasteiger partial charge < -0.3 is 10.4 Å². The highest BCUT2D eigenvalue weighted by Gasteiger charge is 2.40. The molecule has 1 aliphatic carbocycles. The number of hydrogen-bond acceptors (Lipinski definition) is 2. The molecule has 0 aliphatic heterocycles. The number of carboxylic acid groups (broad SMARTS) is 1. The van der Waals surface area contributed by atoms with E-state index in [4.69, 9.17) is 23.2 Å². The SMILES string of the molecule is O=C(Cc1ccc(Cl)cc1Cl)NC1(C(=O)O)CCCCC1. The lowest BCUT2D eigenvalue weighted by Crippen LogP contribution is -2.56. The van der Waals surface area contributed by atoms with Gasteiger partial charge in [0.2, 0.25) is 5.91 Å². The van der Waals surface area contributed by atoms with Gasteiger partial charge in [-0.1, -0.05) is 48.5 Å². The first-order valence-corrected chi connectivity index (χ1v) is 7.67. The summed E-state index contributed by atoms with van der Waals surface area (Å²) in [6.07, 6.45) is 3.63. The highest BCUT2D eigenvalue weighted by atomic mass is 35.5. The fourth-order valence-electron chi connectivity index (χ4n) is 2.70. The van der Waals surface area contributed by atoms with Gasteiger partial charge in [-0.05, 0) is 30.5 Å². The van der Waals surface area contributed by atoms with Crippen molar-refractivity contribution in [3.05, 3.63) is 33.8 Å². The topological polar surface area (TPSA) is 66.4 Å². The maximum absolute atomic E-state index is 12.2. The number of hydrogen-bond donors (Lipinski definition) is 2. The summed E-state index contributed by atoms with van der Waals surface area (Å²) >= 11 is 11.8. The molecule has 2 rings (SSSR count). The van der Waals surface area contributed by atoms with E-state index in [0.29, 0.717) is 28.5 Å². The molecule has 1 saturated carbocycles. The number of carbonyl (C=O) groups excluding carboxylic acids is 1. The van der Waals surface area contributed by atoms with Crippen molar-refractivity contribution in [2.24, 2.45) is 0 Å². The van der Waals surface area contributed by atoms with Gasteiger partial charge in [0.15, 0.2) is 0 Å². The molecule has 21 heavy (non-hydrogen) atoms. The molecule has 1 aliphatic rings. The van der Waals surface area contributed by atoms with Crippen LogP contribution in [-0.2, 0) is 16.0 Å². The maximum atomic E-state index is 12.2. The zero-order chi connectivity index (χ0) is 15.5. The summed E-state index contributed by atoms with van der Waals surface area (Å²) in [7, 11) is 0. The van der Waals surface area contributed by atoms with Crippen molar-refractivity contribution in [3.63, 3.8) is 0 Å². The highest BCUT2D eigenvalue weighted by molar-refractivity contribution is 6.35. The van der Waals surface area contributed by atoms with Gasteiger partial charge >= 0.3 is 5.97 Å². The fourth-order valence-corrected chi connectivity index (χ4v) is 3.17. The van der Waals surface area contributed by atoms with E-state index < -0.39 is 11.5 Å². The van der Waals surface area contributed by atoms with Gasteiger partial charge in [-0.3, -0.25) is 4.79 Å². The van der Waals surface area contributed by atoms with Crippen molar-refractivity contribution in [1.82, 2.24) is 5.32 Å². The Morgan fingerprint density at radius 1 is 1.19 bits per heavy atom. The smallest absolute Gasteiger partial charge is 0.329 e. The van der Waals surface area contributed by atoms with Gasteiger partial charge in [-0.15, -0.1) is 0 Å². The van der Waals surface area contributed by atoms with Crippen molar-refractivity contribution < 1.29 is 14.7 Å². The largest absolute Gasteiger partial charge is 0.480 e. The molecule has 0 heterocycles. The summed E-state index contributed by atoms with van der Waals surface area (Å²) in [6, 6.07) is 4.90. The molecular weight excluding hydrogens is 313 g/mol. The van der Waals surface area contributed by atoms with Crippen LogP contribution in [0.2, 0.25) is 10.0 Å². The number of aliphatic carboxylic acids is 1. The first kappa shape index (κ1) is 16.1. The summed E-state index contributed by atoms with van der Waals surface area (Å²) in [5.74, 6) is -1.29. The van der Waals surface area contributed by atoms with Gasteiger partial charge in [0.05, 0.1) is 6.42 Å². The quantitative estimate of drug-likeness (QED) is 0.889. The Morgan fingerprint density at radius 3 is 2.43 bits per heavy atom. The minimum Gasteiger partial charge on any atom is -0.480 e. The van der Waals surface area contributed by atoms with Crippen molar-refractivity contribution in [1.29, 1.82) is 0 Å². The normalized spacial score (nSPS) is 17.2. The van der Waals surface area contributed by atoms with Crippen LogP contribution in [0.3, 0.4) is 0 Å². The number of amides is 1. The van der Waals surface area contributed by atoms with E-state index in [1.54, 1.807) is 18.2 Å². The number of carboxylic acids is 1. The van der Waals surface area contributed by atoms with Gasteiger partial charge in [-0.2, -0.15) is 0 Å². The molecule has 1 aromatic carbocycles. The lowest BCUT2D eigenvalue weighted by Gasteiger charge is -2.34. The minimum atomic E-state index is -1.13. The minimum absolute atomic E-state index is 0.0467. The second kappa shape index (κ2) is 6.67. The van der Waals surface area contributed by atoms with Crippen LogP contribution in [0.4, 0.5) is 0 Å². The highest BCUT2D eigenvalue weighted by Crippen LogP contribution is 2.29. The van der Waals surface area contributed by atoms with Gasteiger partial charge in [-0.25, -0.2) is 4.79 Å². The van der Waals surface area contributed by atoms with E-state index in [-0.39, 0.29) is 12.3 Å². The molecule has 0 spiro atoms. The molecule has 0 radical (unpaired) electrons. The van der Waals surface area contributed by atoms with Crippen LogP contribution in [-0.4, -0.2) is 22.5 Å². The summed E-state index contributed by atoms with van der Waals surface area (Å²) in [5.41, 5.74) is -0.497.